The third kappa shape index (κ3) is 1.80. The summed E-state index contributed by atoms with van der Waals surface area (Å²) >= 11 is 1.69. The molecule has 1 atom stereocenters. The first-order chi connectivity index (χ1) is 5.55. The van der Waals surface area contributed by atoms with E-state index >= 15 is 0 Å². The van der Waals surface area contributed by atoms with Crippen molar-refractivity contribution in [2.45, 2.75) is 19.0 Å². The highest BCUT2D eigenvalue weighted by Crippen LogP contribution is 2.29. The van der Waals surface area contributed by atoms with Gasteiger partial charge in [0.1, 0.15) is 0 Å². The summed E-state index contributed by atoms with van der Waals surface area (Å²) in [7, 11) is 0. The molecule has 0 saturated heterocycles. The third-order valence-electron chi connectivity index (χ3n) is 1.97. The molecule has 0 aromatic heterocycles. The number of carbonyl (C=O) groups is 1. The van der Waals surface area contributed by atoms with E-state index < -0.39 is 11.6 Å². The van der Waals surface area contributed by atoms with E-state index in [-0.39, 0.29) is 0 Å². The van der Waals surface area contributed by atoms with Crippen molar-refractivity contribution in [1.82, 2.24) is 0 Å². The zero-order valence-corrected chi connectivity index (χ0v) is 7.66. The monoisotopic (exact) mass is 190 g/mol. The Morgan fingerprint density at radius 2 is 2.50 bits per heavy atom. The van der Waals surface area contributed by atoms with Crippen LogP contribution in [-0.4, -0.2) is 28.3 Å². The van der Waals surface area contributed by atoms with Crippen LogP contribution in [-0.2, 0) is 4.79 Å². The molecule has 0 fully saturated rings. The molecule has 0 spiro atoms. The van der Waals surface area contributed by atoms with E-state index in [0.29, 0.717) is 12.0 Å². The quantitative estimate of drug-likeness (QED) is 0.675. The lowest BCUT2D eigenvalue weighted by Crippen LogP contribution is -2.33. The van der Waals surface area contributed by atoms with Gasteiger partial charge in [0.2, 0.25) is 5.67 Å². The van der Waals surface area contributed by atoms with E-state index in [4.69, 9.17) is 5.11 Å². The first-order valence-electron chi connectivity index (χ1n) is 3.74. The van der Waals surface area contributed by atoms with Crippen molar-refractivity contribution < 1.29 is 14.3 Å². The fraction of sp³-hybridized carbons (Fsp3) is 0.625. The van der Waals surface area contributed by atoms with Gasteiger partial charge in [0.15, 0.2) is 0 Å². The van der Waals surface area contributed by atoms with E-state index in [1.165, 1.54) is 0 Å². The Bertz CT molecular complexity index is 223. The Hall–Kier alpha value is -0.510. The molecular formula is C8H11FO2S. The van der Waals surface area contributed by atoms with Gasteiger partial charge in [0, 0.05) is 5.75 Å². The molecule has 0 aliphatic carbocycles. The van der Waals surface area contributed by atoms with Crippen LogP contribution in [0.3, 0.4) is 0 Å². The Balaban J connectivity index is 2.79. The zero-order valence-electron chi connectivity index (χ0n) is 6.84. The Morgan fingerprint density at radius 1 is 1.83 bits per heavy atom. The van der Waals surface area contributed by atoms with E-state index in [1.54, 1.807) is 17.8 Å². The van der Waals surface area contributed by atoms with Gasteiger partial charge < -0.3 is 5.11 Å². The lowest BCUT2D eigenvalue weighted by Gasteiger charge is -2.21. The van der Waals surface area contributed by atoms with Crippen LogP contribution in [0.25, 0.3) is 0 Å². The molecule has 1 heterocycles. The van der Waals surface area contributed by atoms with Crippen LogP contribution in [0.4, 0.5) is 4.39 Å². The summed E-state index contributed by atoms with van der Waals surface area (Å²) in [5.74, 6) is 0.154. The number of carboxylic acid groups (broad SMARTS) is 1. The molecule has 0 amide bonds. The summed E-state index contributed by atoms with van der Waals surface area (Å²) in [4.78, 5) is 10.5. The predicted molar refractivity (Wildman–Crippen MR) is 47.2 cm³/mol. The van der Waals surface area contributed by atoms with Gasteiger partial charge in [-0.2, -0.15) is 11.8 Å². The molecule has 0 bridgehead atoms. The highest BCUT2D eigenvalue weighted by atomic mass is 32.2. The van der Waals surface area contributed by atoms with Crippen molar-refractivity contribution >= 4 is 17.7 Å². The van der Waals surface area contributed by atoms with Crippen LogP contribution in [0, 0.1) is 0 Å². The van der Waals surface area contributed by atoms with Gasteiger partial charge in [0.25, 0.3) is 0 Å². The lowest BCUT2D eigenvalue weighted by molar-refractivity contribution is -0.147. The summed E-state index contributed by atoms with van der Waals surface area (Å²) in [6, 6.07) is 0. The van der Waals surface area contributed by atoms with Crippen molar-refractivity contribution in [1.29, 1.82) is 0 Å². The maximum absolute atomic E-state index is 13.4. The molecule has 0 aromatic carbocycles. The van der Waals surface area contributed by atoms with E-state index in [2.05, 4.69) is 0 Å². The van der Waals surface area contributed by atoms with Gasteiger partial charge >= 0.3 is 5.97 Å². The fourth-order valence-corrected chi connectivity index (χ4v) is 1.94. The maximum Gasteiger partial charge on any atom is 0.345 e. The van der Waals surface area contributed by atoms with Crippen LogP contribution in [0.1, 0.15) is 13.3 Å². The van der Waals surface area contributed by atoms with Gasteiger partial charge in [-0.05, 0) is 24.7 Å². The molecule has 1 aliphatic heterocycles. The minimum Gasteiger partial charge on any atom is -0.479 e. The second kappa shape index (κ2) is 3.47. The Labute approximate surface area is 74.8 Å². The number of hydrogen-bond acceptors (Lipinski definition) is 2. The summed E-state index contributed by atoms with van der Waals surface area (Å²) in [6.07, 6.45) is 2.23. The van der Waals surface area contributed by atoms with Crippen molar-refractivity contribution in [3.05, 3.63) is 11.6 Å². The molecule has 2 nitrogen and oxygen atoms in total. The van der Waals surface area contributed by atoms with E-state index in [9.17, 15) is 9.18 Å². The number of alkyl halides is 1. The van der Waals surface area contributed by atoms with Crippen molar-refractivity contribution in [2.24, 2.45) is 0 Å². The first-order valence-corrected chi connectivity index (χ1v) is 4.90. The third-order valence-corrected chi connectivity index (χ3v) is 2.86. The highest BCUT2D eigenvalue weighted by Gasteiger charge is 2.37. The van der Waals surface area contributed by atoms with Gasteiger partial charge in [0.05, 0.1) is 0 Å². The smallest absolute Gasteiger partial charge is 0.345 e. The standard InChI is InChI=1S/C8H11FO2S/c1-8(9,7(10)11)6-2-4-12-5-3-6/h2H,3-5H2,1H3,(H,10,11). The van der Waals surface area contributed by atoms with Crippen molar-refractivity contribution in [3.8, 4) is 0 Å². The molecule has 4 heteroatoms. The van der Waals surface area contributed by atoms with Gasteiger partial charge in [-0.3, -0.25) is 0 Å². The fourth-order valence-electron chi connectivity index (χ4n) is 1.09. The number of hydrogen-bond donors (Lipinski definition) is 1. The Morgan fingerprint density at radius 3 is 2.92 bits per heavy atom. The minimum atomic E-state index is -2.17. The summed E-state index contributed by atoms with van der Waals surface area (Å²) in [5, 5.41) is 8.57. The number of thioether (sulfide) groups is 1. The van der Waals surface area contributed by atoms with Crippen LogP contribution < -0.4 is 0 Å². The molecule has 0 saturated carbocycles. The maximum atomic E-state index is 13.4. The van der Waals surface area contributed by atoms with Gasteiger partial charge in [-0.25, -0.2) is 9.18 Å². The lowest BCUT2D eigenvalue weighted by atomic mass is 9.95. The van der Waals surface area contributed by atoms with E-state index in [0.717, 1.165) is 18.4 Å². The molecule has 68 valence electrons. The molecule has 1 aliphatic rings. The number of carboxylic acids is 1. The van der Waals surface area contributed by atoms with Crippen LogP contribution in [0.15, 0.2) is 11.6 Å². The minimum absolute atomic E-state index is 0.411. The molecule has 0 radical (unpaired) electrons. The molecule has 0 aromatic rings. The molecule has 1 rings (SSSR count). The largest absolute Gasteiger partial charge is 0.479 e. The average molecular weight is 190 g/mol. The van der Waals surface area contributed by atoms with Gasteiger partial charge in [-0.1, -0.05) is 6.08 Å². The second-order valence-electron chi connectivity index (χ2n) is 2.86. The molecule has 12 heavy (non-hydrogen) atoms. The normalized spacial score (nSPS) is 22.7. The topological polar surface area (TPSA) is 37.3 Å². The second-order valence-corrected chi connectivity index (χ2v) is 4.01. The summed E-state index contributed by atoms with van der Waals surface area (Å²) in [5.41, 5.74) is -1.75. The molecule has 1 unspecified atom stereocenters. The Kier molecular flexibility index (Phi) is 2.77. The molecule has 1 N–H and O–H groups in total. The van der Waals surface area contributed by atoms with Crippen molar-refractivity contribution in [2.75, 3.05) is 11.5 Å². The van der Waals surface area contributed by atoms with Crippen LogP contribution >= 0.6 is 11.8 Å². The number of halogens is 1. The SMILES string of the molecule is CC(F)(C(=O)O)C1=CCSCC1. The summed E-state index contributed by atoms with van der Waals surface area (Å²) in [6.45, 7) is 1.11. The number of rotatable bonds is 2. The molecular weight excluding hydrogens is 179 g/mol. The predicted octanol–water partition coefficient (Wildman–Crippen LogP) is 1.86. The van der Waals surface area contributed by atoms with Gasteiger partial charge in [-0.15, -0.1) is 0 Å². The van der Waals surface area contributed by atoms with E-state index in [1.807, 2.05) is 0 Å². The summed E-state index contributed by atoms with van der Waals surface area (Å²) < 4.78 is 13.4. The highest BCUT2D eigenvalue weighted by molar-refractivity contribution is 7.99. The van der Waals surface area contributed by atoms with Crippen molar-refractivity contribution in [3.63, 3.8) is 0 Å². The average Bonchev–Trinajstić information content (AvgIpc) is 2.06. The zero-order chi connectivity index (χ0) is 9.19. The van der Waals surface area contributed by atoms with Crippen LogP contribution in [0.5, 0.6) is 0 Å². The first kappa shape index (κ1) is 9.58. The van der Waals surface area contributed by atoms with Crippen LogP contribution in [0.2, 0.25) is 0 Å². The number of aliphatic carboxylic acids is 1.